The van der Waals surface area contributed by atoms with Gasteiger partial charge in [-0.2, -0.15) is 4.98 Å². The number of aromatic nitrogens is 2. The van der Waals surface area contributed by atoms with Crippen molar-refractivity contribution in [3.8, 4) is 11.5 Å². The van der Waals surface area contributed by atoms with E-state index in [0.29, 0.717) is 24.0 Å². The highest BCUT2D eigenvalue weighted by atomic mass is 127. The average Bonchev–Trinajstić information content (AvgIpc) is 2.86. The van der Waals surface area contributed by atoms with Crippen molar-refractivity contribution >= 4 is 28.3 Å². The predicted molar refractivity (Wildman–Crippen MR) is 90.7 cm³/mol. The van der Waals surface area contributed by atoms with Crippen molar-refractivity contribution in [2.24, 2.45) is 5.41 Å². The van der Waals surface area contributed by atoms with Crippen molar-refractivity contribution < 1.29 is 9.26 Å². The summed E-state index contributed by atoms with van der Waals surface area (Å²) >= 11 is 2.23. The second-order valence-electron chi connectivity index (χ2n) is 5.89. The van der Waals surface area contributed by atoms with E-state index in [-0.39, 0.29) is 11.5 Å². The van der Waals surface area contributed by atoms with Gasteiger partial charge in [0.1, 0.15) is 6.10 Å². The summed E-state index contributed by atoms with van der Waals surface area (Å²) < 4.78 is 12.2. The molecule has 0 radical (unpaired) electrons. The molecular weight excluding hydrogens is 381 g/mol. The topological polar surface area (TPSA) is 74.2 Å². The van der Waals surface area contributed by atoms with Gasteiger partial charge in [-0.25, -0.2) is 0 Å². The molecule has 1 aromatic carbocycles. The third-order valence-electron chi connectivity index (χ3n) is 3.04. The number of nitrogen functional groups attached to an aromatic ring is 1. The first kappa shape index (κ1) is 16.2. The van der Waals surface area contributed by atoms with E-state index in [1.165, 1.54) is 0 Å². The maximum absolute atomic E-state index is 5.99. The summed E-state index contributed by atoms with van der Waals surface area (Å²) in [5.41, 5.74) is 7.25. The van der Waals surface area contributed by atoms with E-state index in [4.69, 9.17) is 15.0 Å². The molecule has 0 saturated carbocycles. The minimum atomic E-state index is -0.219. The van der Waals surface area contributed by atoms with Gasteiger partial charge in [0.05, 0.1) is 5.56 Å². The van der Waals surface area contributed by atoms with Crippen LogP contribution in [-0.2, 0) is 4.74 Å². The zero-order valence-corrected chi connectivity index (χ0v) is 14.8. The Morgan fingerprint density at radius 1 is 1.38 bits per heavy atom. The number of nitrogens with two attached hydrogens (primary N) is 1. The Balaban J connectivity index is 2.38. The van der Waals surface area contributed by atoms with Crippen molar-refractivity contribution in [1.29, 1.82) is 0 Å². The summed E-state index contributed by atoms with van der Waals surface area (Å²) in [4.78, 5) is 4.48. The van der Waals surface area contributed by atoms with Crippen LogP contribution in [0.1, 0.15) is 39.6 Å². The first-order valence-electron chi connectivity index (χ1n) is 6.83. The summed E-state index contributed by atoms with van der Waals surface area (Å²) in [6.07, 6.45) is -0.219. The minimum absolute atomic E-state index is 0.117. The molecule has 2 rings (SSSR count). The van der Waals surface area contributed by atoms with Gasteiger partial charge in [-0.1, -0.05) is 25.9 Å². The first-order chi connectivity index (χ1) is 9.82. The second kappa shape index (κ2) is 6.31. The maximum Gasteiger partial charge on any atom is 0.260 e. The summed E-state index contributed by atoms with van der Waals surface area (Å²) in [5, 5.41) is 4.08. The van der Waals surface area contributed by atoms with Crippen LogP contribution in [0.15, 0.2) is 22.7 Å². The highest BCUT2D eigenvalue weighted by Gasteiger charge is 2.31. The number of ether oxygens (including phenoxy) is 1. The number of benzene rings is 1. The third-order valence-corrected chi connectivity index (χ3v) is 3.71. The van der Waals surface area contributed by atoms with Crippen molar-refractivity contribution in [2.75, 3.05) is 12.3 Å². The van der Waals surface area contributed by atoms with Crippen LogP contribution in [0.5, 0.6) is 0 Å². The molecule has 0 aliphatic rings. The molecular formula is C15H20IN3O2. The molecule has 0 spiro atoms. The molecule has 0 amide bonds. The minimum Gasteiger partial charge on any atom is -0.398 e. The second-order valence-corrected chi connectivity index (χ2v) is 7.14. The number of hydrogen-bond acceptors (Lipinski definition) is 5. The van der Waals surface area contributed by atoms with Gasteiger partial charge in [0, 0.05) is 15.9 Å². The molecule has 6 heteroatoms. The Morgan fingerprint density at radius 2 is 2.10 bits per heavy atom. The van der Waals surface area contributed by atoms with Crippen LogP contribution in [0.4, 0.5) is 5.69 Å². The van der Waals surface area contributed by atoms with Crippen LogP contribution in [0.25, 0.3) is 11.5 Å². The molecule has 114 valence electrons. The summed E-state index contributed by atoms with van der Waals surface area (Å²) in [6, 6.07) is 5.71. The zero-order valence-electron chi connectivity index (χ0n) is 12.7. The van der Waals surface area contributed by atoms with Crippen molar-refractivity contribution in [3.63, 3.8) is 0 Å². The number of hydrogen-bond donors (Lipinski definition) is 1. The largest absolute Gasteiger partial charge is 0.398 e. The van der Waals surface area contributed by atoms with Gasteiger partial charge in [-0.3, -0.25) is 0 Å². The maximum atomic E-state index is 5.99. The standard InChI is InChI=1S/C15H20IN3O2/c1-5-20-12(15(2,3)4)13-18-14(21-19-13)10-8-9(16)6-7-11(10)17/h6-8,12H,5,17H2,1-4H3. The fourth-order valence-corrected chi connectivity index (χ4v) is 2.53. The van der Waals surface area contributed by atoms with E-state index in [1.807, 2.05) is 25.1 Å². The molecule has 0 aliphatic heterocycles. The Labute approximate surface area is 138 Å². The van der Waals surface area contributed by atoms with Crippen LogP contribution < -0.4 is 5.73 Å². The number of nitrogens with zero attached hydrogens (tertiary/aromatic N) is 2. The van der Waals surface area contributed by atoms with Crippen molar-refractivity contribution in [1.82, 2.24) is 10.1 Å². The van der Waals surface area contributed by atoms with Gasteiger partial charge in [-0.15, -0.1) is 0 Å². The number of anilines is 1. The van der Waals surface area contributed by atoms with E-state index in [9.17, 15) is 0 Å². The monoisotopic (exact) mass is 401 g/mol. The van der Waals surface area contributed by atoms with Crippen LogP contribution in [-0.4, -0.2) is 16.7 Å². The smallest absolute Gasteiger partial charge is 0.260 e. The quantitative estimate of drug-likeness (QED) is 0.618. The molecule has 0 saturated heterocycles. The SMILES string of the molecule is CCOC(c1noc(-c2cc(I)ccc2N)n1)C(C)(C)C. The fraction of sp³-hybridized carbons (Fsp3) is 0.467. The van der Waals surface area contributed by atoms with Gasteiger partial charge < -0.3 is 15.0 Å². The molecule has 5 nitrogen and oxygen atoms in total. The van der Waals surface area contributed by atoms with E-state index in [2.05, 4.69) is 53.5 Å². The molecule has 1 atom stereocenters. The lowest BCUT2D eigenvalue weighted by atomic mass is 9.88. The van der Waals surface area contributed by atoms with Crippen LogP contribution in [0.3, 0.4) is 0 Å². The fourth-order valence-electron chi connectivity index (χ4n) is 2.04. The normalized spacial score (nSPS) is 13.4. The lowest BCUT2D eigenvalue weighted by Gasteiger charge is -2.27. The van der Waals surface area contributed by atoms with Crippen LogP contribution in [0, 0.1) is 8.99 Å². The van der Waals surface area contributed by atoms with Gasteiger partial charge in [0.15, 0.2) is 0 Å². The Hall–Kier alpha value is -1.15. The zero-order chi connectivity index (χ0) is 15.6. The van der Waals surface area contributed by atoms with Crippen molar-refractivity contribution in [3.05, 3.63) is 27.6 Å². The summed E-state index contributed by atoms with van der Waals surface area (Å²) in [5.74, 6) is 0.979. The molecule has 2 aromatic rings. The van der Waals surface area contributed by atoms with E-state index >= 15 is 0 Å². The molecule has 0 fully saturated rings. The Bertz CT molecular complexity index is 620. The number of rotatable bonds is 4. The van der Waals surface area contributed by atoms with Crippen LogP contribution >= 0.6 is 22.6 Å². The van der Waals surface area contributed by atoms with Crippen LogP contribution in [0.2, 0.25) is 0 Å². The molecule has 21 heavy (non-hydrogen) atoms. The lowest BCUT2D eigenvalue weighted by Crippen LogP contribution is -2.22. The van der Waals surface area contributed by atoms with E-state index in [0.717, 1.165) is 9.13 Å². The Kier molecular flexibility index (Phi) is 4.88. The van der Waals surface area contributed by atoms with E-state index < -0.39 is 0 Å². The summed E-state index contributed by atoms with van der Waals surface area (Å²) in [6.45, 7) is 8.81. The van der Waals surface area contributed by atoms with E-state index in [1.54, 1.807) is 0 Å². The van der Waals surface area contributed by atoms with Gasteiger partial charge in [0.25, 0.3) is 5.89 Å². The molecule has 0 bridgehead atoms. The predicted octanol–water partition coefficient (Wildman–Crippen LogP) is 4.05. The average molecular weight is 401 g/mol. The number of halogens is 1. The van der Waals surface area contributed by atoms with Gasteiger partial charge >= 0.3 is 0 Å². The highest BCUT2D eigenvalue weighted by molar-refractivity contribution is 14.1. The van der Waals surface area contributed by atoms with Gasteiger partial charge in [-0.05, 0) is 53.1 Å². The highest BCUT2D eigenvalue weighted by Crippen LogP contribution is 2.36. The first-order valence-corrected chi connectivity index (χ1v) is 7.91. The molecule has 2 N–H and O–H groups in total. The molecule has 1 unspecified atom stereocenters. The molecule has 1 heterocycles. The van der Waals surface area contributed by atoms with Gasteiger partial charge in [0.2, 0.25) is 5.82 Å². The Morgan fingerprint density at radius 3 is 2.71 bits per heavy atom. The third kappa shape index (κ3) is 3.74. The molecule has 1 aromatic heterocycles. The molecule has 0 aliphatic carbocycles. The lowest BCUT2D eigenvalue weighted by molar-refractivity contribution is -0.0203. The van der Waals surface area contributed by atoms with Crippen molar-refractivity contribution in [2.45, 2.75) is 33.8 Å². The summed E-state index contributed by atoms with van der Waals surface area (Å²) in [7, 11) is 0.